The number of rotatable bonds is 23. The molecule has 4 aliphatic carbocycles. The first-order valence-electron chi connectivity index (χ1n) is 35.3. The molecule has 12 rings (SSSR count). The largest absolute Gasteiger partial charge is 0.488 e. The summed E-state index contributed by atoms with van der Waals surface area (Å²) in [7, 11) is -15.5. The van der Waals surface area contributed by atoms with Gasteiger partial charge in [0.15, 0.2) is 49.2 Å². The molecule has 0 radical (unpaired) electrons. The van der Waals surface area contributed by atoms with Crippen molar-refractivity contribution in [2.24, 2.45) is 5.92 Å². The SMILES string of the molecule is C.CC(C)S(=O)(=O)CC1CCc2cc(COc3ccccc3C#N)ccc21.CC(C)S(=O)(=O)CC1CCc2cc(Cc3cccc(S(C)(=O)=O)c3)ccc21.CC(C)S(=O)(=O)CC1CCc2cc(Oc3cccc(C(F)(F)F)n3)ccc21.CC(C)S(=O)(=O)C[C@H]1Cc2ccc(Oc3cc(Cl)cc(CO)c3)cc2C1. The fourth-order valence-electron chi connectivity index (χ4n) is 13.4. The second-order valence-electron chi connectivity index (χ2n) is 28.9. The Hall–Kier alpha value is -7.63. The van der Waals surface area contributed by atoms with Crippen molar-refractivity contribution >= 4 is 60.8 Å². The summed E-state index contributed by atoms with van der Waals surface area (Å²) in [5.41, 5.74) is 12.3. The second-order valence-corrected chi connectivity index (χ2v) is 41.7. The van der Waals surface area contributed by atoms with Gasteiger partial charge in [-0.25, -0.2) is 47.1 Å². The number of sulfone groups is 5. The van der Waals surface area contributed by atoms with Crippen molar-refractivity contribution in [1.29, 1.82) is 5.26 Å². The molecule has 107 heavy (non-hydrogen) atoms. The van der Waals surface area contributed by atoms with Crippen LogP contribution in [0.4, 0.5) is 13.2 Å². The molecule has 4 atom stereocenters. The Balaban J connectivity index is 0.000000179. The third-order valence-corrected chi connectivity index (χ3v) is 30.3. The molecule has 0 saturated heterocycles. The van der Waals surface area contributed by atoms with E-state index in [2.05, 4.69) is 29.3 Å². The van der Waals surface area contributed by atoms with Crippen LogP contribution in [-0.2, 0) is 107 Å². The summed E-state index contributed by atoms with van der Waals surface area (Å²) in [6.07, 6.45) is 3.85. The molecule has 1 N–H and O–H groups in total. The Kier molecular flexibility index (Phi) is 28.4. The molecule has 0 aliphatic heterocycles. The minimum atomic E-state index is -4.54. The van der Waals surface area contributed by atoms with Crippen LogP contribution in [0.25, 0.3) is 0 Å². The molecule has 16 nitrogen and oxygen atoms in total. The van der Waals surface area contributed by atoms with Gasteiger partial charge in [0.25, 0.3) is 0 Å². The summed E-state index contributed by atoms with van der Waals surface area (Å²) in [6.45, 7) is 14.0. The zero-order valence-electron chi connectivity index (χ0n) is 60.9. The first kappa shape index (κ1) is 85.0. The van der Waals surface area contributed by atoms with Crippen molar-refractivity contribution in [2.75, 3.05) is 29.3 Å². The first-order chi connectivity index (χ1) is 49.8. The van der Waals surface area contributed by atoms with E-state index in [1.54, 1.807) is 122 Å². The standard InChI is InChI=1S/C21H23NO3S.C21H26O4S2.C20H23ClO4S.C19H20F3NO3S.CH4/c1-15(2)26(23,24)14-19-9-8-17-11-16(7-10-20(17)19)13-25-21-6-4-3-5-18(21)12-22;1-15(2)27(24,25)14-19-9-8-18-12-17(7-10-21(18)19)11-16-5-4-6-20(13-16)26(3,22)23;1-13(2)26(23,24)12-15-5-16-3-4-19(9-17(16)6-15)25-20-8-14(11-22)7-18(21)10-20;1-12(2)27(24,25)11-14-7-6-13-10-15(8-9-16(13)14)26-18-5-3-4-17(23-18)19(20,21)22;/h3-7,10-11,15,19H,8-9,13-14H2,1-2H3;4-7,10,12-13,15,19H,8-9,11,14H2,1-3H3;3-4,7-10,13,15,22H,5-6,11-12H2,1-2H3;3-5,8-10,12,14H,6-7,11H2,1-2H3;1H4/t;;15-;;/m..0../s1. The minimum Gasteiger partial charge on any atom is -0.488 e. The van der Waals surface area contributed by atoms with Crippen LogP contribution in [0.1, 0.15) is 178 Å². The van der Waals surface area contributed by atoms with Gasteiger partial charge in [0.2, 0.25) is 5.88 Å². The van der Waals surface area contributed by atoms with Crippen LogP contribution < -0.4 is 14.2 Å². The van der Waals surface area contributed by atoms with Crippen molar-refractivity contribution in [1.82, 2.24) is 4.98 Å². The maximum Gasteiger partial charge on any atom is 0.433 e. The molecule has 0 bridgehead atoms. The van der Waals surface area contributed by atoms with Gasteiger partial charge in [-0.15, -0.1) is 0 Å². The maximum atomic E-state index is 12.8. The summed E-state index contributed by atoms with van der Waals surface area (Å²) in [5.74, 6) is 3.08. The number of nitrogens with zero attached hydrogens (tertiary/aromatic N) is 2. The first-order valence-corrected chi connectivity index (χ1v) is 44.5. The summed E-state index contributed by atoms with van der Waals surface area (Å²) < 4.78 is 177. The molecule has 4 aliphatic rings. The van der Waals surface area contributed by atoms with Crippen LogP contribution in [0.3, 0.4) is 0 Å². The molecule has 0 amide bonds. The van der Waals surface area contributed by atoms with Gasteiger partial charge in [-0.05, 0) is 276 Å². The second kappa shape index (κ2) is 35.8. The molecule has 8 aromatic rings. The summed E-state index contributed by atoms with van der Waals surface area (Å²) in [5, 5.41) is 17.5. The van der Waals surface area contributed by atoms with Gasteiger partial charge in [0.1, 0.15) is 41.4 Å². The van der Waals surface area contributed by atoms with E-state index in [9.17, 15) is 60.4 Å². The van der Waals surface area contributed by atoms with E-state index >= 15 is 0 Å². The molecule has 3 unspecified atom stereocenters. The molecule has 576 valence electrons. The van der Waals surface area contributed by atoms with Crippen LogP contribution in [0.5, 0.6) is 28.9 Å². The third-order valence-electron chi connectivity index (χ3n) is 19.7. The number of hydrogen-bond acceptors (Lipinski definition) is 16. The Bertz CT molecular complexity index is 5120. The van der Waals surface area contributed by atoms with E-state index in [1.165, 1.54) is 35.1 Å². The number of hydrogen-bond donors (Lipinski definition) is 1. The lowest BCUT2D eigenvalue weighted by atomic mass is 9.98. The van der Waals surface area contributed by atoms with Crippen LogP contribution >= 0.6 is 11.6 Å². The number of aliphatic hydroxyl groups excluding tert-OH is 1. The van der Waals surface area contributed by atoms with Gasteiger partial charge in [0.05, 0.1) is 61.1 Å². The molecule has 7 aromatic carbocycles. The van der Waals surface area contributed by atoms with Crippen molar-refractivity contribution in [2.45, 2.75) is 184 Å². The number of fused-ring (bicyclic) bond motifs is 4. The summed E-state index contributed by atoms with van der Waals surface area (Å²) in [4.78, 5) is 3.82. The van der Waals surface area contributed by atoms with Crippen LogP contribution in [0.15, 0.2) is 163 Å². The van der Waals surface area contributed by atoms with Gasteiger partial charge < -0.3 is 19.3 Å². The van der Waals surface area contributed by atoms with E-state index in [0.29, 0.717) is 63.5 Å². The van der Waals surface area contributed by atoms with Crippen molar-refractivity contribution in [3.05, 3.63) is 241 Å². The Morgan fingerprint density at radius 1 is 0.514 bits per heavy atom. The maximum absolute atomic E-state index is 12.8. The third kappa shape index (κ3) is 23.0. The van der Waals surface area contributed by atoms with E-state index in [1.807, 2.05) is 54.6 Å². The number of alkyl halides is 3. The summed E-state index contributed by atoms with van der Waals surface area (Å²) in [6, 6.07) is 48.4. The lowest BCUT2D eigenvalue weighted by Crippen LogP contribution is -2.23. The van der Waals surface area contributed by atoms with Crippen molar-refractivity contribution in [3.63, 3.8) is 0 Å². The smallest absolute Gasteiger partial charge is 0.433 e. The van der Waals surface area contributed by atoms with E-state index < -0.39 is 66.3 Å². The van der Waals surface area contributed by atoms with Gasteiger partial charge >= 0.3 is 6.18 Å². The predicted octanol–water partition coefficient (Wildman–Crippen LogP) is 17.1. The highest BCUT2D eigenvalue weighted by Crippen LogP contribution is 2.41. The number of halogens is 4. The molecular formula is C82H96ClF3N2O14S5. The van der Waals surface area contributed by atoms with Gasteiger partial charge in [-0.2, -0.15) is 18.4 Å². The monoisotopic (exact) mass is 1580 g/mol. The summed E-state index contributed by atoms with van der Waals surface area (Å²) >= 11 is 6.05. The zero-order chi connectivity index (χ0) is 77.3. The number of aryl methyl sites for hydroxylation is 3. The van der Waals surface area contributed by atoms with Crippen molar-refractivity contribution < 1.29 is 74.6 Å². The number of pyridine rings is 1. The average Bonchev–Trinajstić information content (AvgIpc) is 1.69. The molecular weight excluding hydrogens is 1490 g/mol. The number of nitriles is 1. The van der Waals surface area contributed by atoms with E-state index in [-0.39, 0.29) is 82.3 Å². The highest BCUT2D eigenvalue weighted by atomic mass is 35.5. The van der Waals surface area contributed by atoms with Crippen LogP contribution in [-0.4, -0.2) is 102 Å². The molecule has 0 saturated carbocycles. The predicted molar refractivity (Wildman–Crippen MR) is 417 cm³/mol. The Labute approximate surface area is 635 Å². The average molecular weight is 1590 g/mol. The Morgan fingerprint density at radius 2 is 1.00 bits per heavy atom. The molecule has 0 fully saturated rings. The van der Waals surface area contributed by atoms with E-state index in [0.717, 1.165) is 95.5 Å². The zero-order valence-corrected chi connectivity index (χ0v) is 65.8. The lowest BCUT2D eigenvalue weighted by Gasteiger charge is -2.15. The number of ether oxygens (including phenoxy) is 3. The van der Waals surface area contributed by atoms with Crippen molar-refractivity contribution in [3.8, 4) is 34.9 Å². The fraction of sp³-hybridized carbons (Fsp3) is 0.415. The quantitative estimate of drug-likeness (QED) is 0.0624. The number of para-hydroxylation sites is 1. The van der Waals surface area contributed by atoms with Crippen LogP contribution in [0, 0.1) is 17.2 Å². The highest BCUT2D eigenvalue weighted by molar-refractivity contribution is 7.93. The molecule has 1 heterocycles. The normalized spacial score (nSPS) is 16.7. The Morgan fingerprint density at radius 3 is 1.55 bits per heavy atom. The fourth-order valence-corrected chi connectivity index (χ4v) is 19.5. The van der Waals surface area contributed by atoms with Crippen LogP contribution in [0.2, 0.25) is 5.02 Å². The van der Waals surface area contributed by atoms with Gasteiger partial charge in [0, 0.05) is 17.3 Å². The van der Waals surface area contributed by atoms with Gasteiger partial charge in [-0.1, -0.05) is 97.9 Å². The van der Waals surface area contributed by atoms with Gasteiger partial charge in [-0.3, -0.25) is 0 Å². The molecule has 0 spiro atoms. The lowest BCUT2D eigenvalue weighted by molar-refractivity contribution is -0.141. The number of aromatic nitrogens is 1. The number of aliphatic hydroxyl groups is 1. The highest BCUT2D eigenvalue weighted by Gasteiger charge is 2.35. The number of benzene rings is 7. The topological polar surface area (TPSA) is 255 Å². The molecule has 25 heteroatoms. The minimum absolute atomic E-state index is 0. The van der Waals surface area contributed by atoms with E-state index in [4.69, 9.17) is 31.1 Å². The molecule has 1 aromatic heterocycles.